The third-order valence-electron chi connectivity index (χ3n) is 2.22. The molecule has 0 fully saturated rings. The molecule has 1 aromatic rings. The molecule has 4 nitrogen and oxygen atoms in total. The molecule has 0 unspecified atom stereocenters. The van der Waals surface area contributed by atoms with Gasteiger partial charge in [-0.15, -0.1) is 0 Å². The molecule has 6 heteroatoms. The van der Waals surface area contributed by atoms with Gasteiger partial charge in [-0.1, -0.05) is 11.6 Å². The van der Waals surface area contributed by atoms with Crippen molar-refractivity contribution in [1.29, 1.82) is 0 Å². The molecule has 0 atom stereocenters. The number of hydrogen-bond donors (Lipinski definition) is 0. The van der Waals surface area contributed by atoms with E-state index in [-0.39, 0.29) is 0 Å². The highest BCUT2D eigenvalue weighted by molar-refractivity contribution is 9.10. The van der Waals surface area contributed by atoms with Crippen LogP contribution in [0.2, 0.25) is 5.02 Å². The Labute approximate surface area is 115 Å². The van der Waals surface area contributed by atoms with Gasteiger partial charge in [-0.25, -0.2) is 4.98 Å². The fourth-order valence-electron chi connectivity index (χ4n) is 1.37. The highest BCUT2D eigenvalue weighted by Gasteiger charge is 2.11. The summed E-state index contributed by atoms with van der Waals surface area (Å²) in [5.41, 5.74) is 0. The van der Waals surface area contributed by atoms with Crippen LogP contribution in [-0.4, -0.2) is 45.5 Å². The van der Waals surface area contributed by atoms with Crippen LogP contribution in [0.15, 0.2) is 16.7 Å². The van der Waals surface area contributed by atoms with Gasteiger partial charge in [0.1, 0.15) is 5.82 Å². The van der Waals surface area contributed by atoms with E-state index in [1.807, 2.05) is 11.0 Å². The smallest absolute Gasteiger partial charge is 0.147 e. The molecule has 1 rings (SSSR count). The molecule has 0 bridgehead atoms. The number of anilines is 1. The fourth-order valence-corrected chi connectivity index (χ4v) is 2.12. The summed E-state index contributed by atoms with van der Waals surface area (Å²) in [5.74, 6) is 0.754. The summed E-state index contributed by atoms with van der Waals surface area (Å²) in [6, 6.07) is 1.83. The number of halogens is 2. The van der Waals surface area contributed by atoms with Gasteiger partial charge >= 0.3 is 0 Å². The van der Waals surface area contributed by atoms with Crippen LogP contribution in [-0.2, 0) is 9.47 Å². The molecule has 17 heavy (non-hydrogen) atoms. The predicted molar refractivity (Wildman–Crippen MR) is 72.9 cm³/mol. The van der Waals surface area contributed by atoms with E-state index in [9.17, 15) is 0 Å². The molecular formula is C11H16BrClN2O2. The van der Waals surface area contributed by atoms with Crippen LogP contribution in [0.25, 0.3) is 0 Å². The van der Waals surface area contributed by atoms with Crippen molar-refractivity contribution in [1.82, 2.24) is 4.98 Å². The molecule has 0 aliphatic rings. The first kappa shape index (κ1) is 14.7. The number of hydrogen-bond acceptors (Lipinski definition) is 4. The molecule has 0 amide bonds. The third kappa shape index (κ3) is 4.79. The normalized spacial score (nSPS) is 10.6. The van der Waals surface area contributed by atoms with Crippen LogP contribution >= 0.6 is 27.5 Å². The van der Waals surface area contributed by atoms with Gasteiger partial charge in [0, 0.05) is 38.0 Å². The maximum absolute atomic E-state index is 6.17. The minimum Gasteiger partial charge on any atom is -0.383 e. The summed E-state index contributed by atoms with van der Waals surface area (Å²) < 4.78 is 11.0. The Bertz CT molecular complexity index is 344. The minimum absolute atomic E-state index is 0.617. The highest BCUT2D eigenvalue weighted by atomic mass is 79.9. The van der Waals surface area contributed by atoms with Crippen LogP contribution in [0.3, 0.4) is 0 Å². The van der Waals surface area contributed by atoms with Crippen LogP contribution in [0.5, 0.6) is 0 Å². The Morgan fingerprint density at radius 3 is 2.35 bits per heavy atom. The van der Waals surface area contributed by atoms with Crippen LogP contribution in [0.4, 0.5) is 5.82 Å². The first-order chi connectivity index (χ1) is 8.19. The Hall–Kier alpha value is -0.360. The van der Waals surface area contributed by atoms with Crippen molar-refractivity contribution in [3.05, 3.63) is 21.8 Å². The highest BCUT2D eigenvalue weighted by Crippen LogP contribution is 2.25. The van der Waals surface area contributed by atoms with Gasteiger partial charge in [0.25, 0.3) is 0 Å². The molecule has 0 N–H and O–H groups in total. The summed E-state index contributed by atoms with van der Waals surface area (Å²) in [6.45, 7) is 2.71. The lowest BCUT2D eigenvalue weighted by Crippen LogP contribution is -2.31. The summed E-state index contributed by atoms with van der Waals surface area (Å²) in [7, 11) is 3.34. The maximum atomic E-state index is 6.17. The van der Waals surface area contributed by atoms with E-state index in [0.29, 0.717) is 18.2 Å². The second kappa shape index (κ2) is 7.87. The average molecular weight is 324 g/mol. The van der Waals surface area contributed by atoms with E-state index in [0.717, 1.165) is 23.4 Å². The van der Waals surface area contributed by atoms with E-state index in [1.54, 1.807) is 20.4 Å². The van der Waals surface area contributed by atoms with E-state index in [1.165, 1.54) is 0 Å². The topological polar surface area (TPSA) is 34.6 Å². The van der Waals surface area contributed by atoms with Crippen LogP contribution < -0.4 is 4.90 Å². The molecule has 0 spiro atoms. The van der Waals surface area contributed by atoms with Gasteiger partial charge in [0.2, 0.25) is 0 Å². The van der Waals surface area contributed by atoms with Gasteiger partial charge in [0.05, 0.1) is 18.2 Å². The van der Waals surface area contributed by atoms with Gasteiger partial charge in [-0.05, 0) is 22.0 Å². The maximum Gasteiger partial charge on any atom is 0.147 e. The van der Waals surface area contributed by atoms with Crippen LogP contribution in [0, 0.1) is 0 Å². The number of pyridine rings is 1. The fraction of sp³-hybridized carbons (Fsp3) is 0.545. The molecular weight excluding hydrogens is 307 g/mol. The van der Waals surface area contributed by atoms with Crippen molar-refractivity contribution in [3.8, 4) is 0 Å². The molecule has 0 aliphatic carbocycles. The number of ether oxygens (including phenoxy) is 2. The van der Waals surface area contributed by atoms with Crippen molar-refractivity contribution in [2.45, 2.75) is 0 Å². The Morgan fingerprint density at radius 1 is 1.29 bits per heavy atom. The first-order valence-corrected chi connectivity index (χ1v) is 6.40. The second-order valence-corrected chi connectivity index (χ2v) is 4.75. The van der Waals surface area contributed by atoms with Gasteiger partial charge in [-0.3, -0.25) is 0 Å². The molecule has 96 valence electrons. The van der Waals surface area contributed by atoms with Gasteiger partial charge in [0.15, 0.2) is 0 Å². The lowest BCUT2D eigenvalue weighted by atomic mass is 10.4. The zero-order chi connectivity index (χ0) is 12.7. The Morgan fingerprint density at radius 2 is 1.88 bits per heavy atom. The zero-order valence-electron chi connectivity index (χ0n) is 9.95. The summed E-state index contributed by atoms with van der Waals surface area (Å²) in [5, 5.41) is 0.617. The van der Waals surface area contributed by atoms with Gasteiger partial charge in [-0.2, -0.15) is 0 Å². The standard InChI is InChI=1S/C11H16BrClN2O2/c1-16-5-3-15(4-6-17-2)11-10(13)7-9(12)8-14-11/h7-8H,3-6H2,1-2H3. The van der Waals surface area contributed by atoms with Crippen LogP contribution in [0.1, 0.15) is 0 Å². The van der Waals surface area contributed by atoms with E-state index >= 15 is 0 Å². The van der Waals surface area contributed by atoms with E-state index in [4.69, 9.17) is 21.1 Å². The van der Waals surface area contributed by atoms with E-state index < -0.39 is 0 Å². The number of nitrogens with zero attached hydrogens (tertiary/aromatic N) is 2. The number of rotatable bonds is 7. The monoisotopic (exact) mass is 322 g/mol. The third-order valence-corrected chi connectivity index (χ3v) is 2.93. The molecule has 0 radical (unpaired) electrons. The molecule has 0 saturated carbocycles. The van der Waals surface area contributed by atoms with Crippen molar-refractivity contribution in [2.24, 2.45) is 0 Å². The van der Waals surface area contributed by atoms with Gasteiger partial charge < -0.3 is 14.4 Å². The Balaban J connectivity index is 2.79. The first-order valence-electron chi connectivity index (χ1n) is 5.23. The van der Waals surface area contributed by atoms with Crippen molar-refractivity contribution < 1.29 is 9.47 Å². The number of methoxy groups -OCH3 is 2. The average Bonchev–Trinajstić information content (AvgIpc) is 2.30. The SMILES string of the molecule is COCCN(CCOC)c1ncc(Br)cc1Cl. The largest absolute Gasteiger partial charge is 0.383 e. The quantitative estimate of drug-likeness (QED) is 0.772. The molecule has 1 aromatic heterocycles. The summed E-state index contributed by atoms with van der Waals surface area (Å²) in [6.07, 6.45) is 1.73. The Kier molecular flexibility index (Phi) is 6.80. The number of aromatic nitrogens is 1. The molecule has 1 heterocycles. The van der Waals surface area contributed by atoms with E-state index in [2.05, 4.69) is 20.9 Å². The van der Waals surface area contributed by atoms with Crippen molar-refractivity contribution >= 4 is 33.3 Å². The minimum atomic E-state index is 0.617. The van der Waals surface area contributed by atoms with Crippen molar-refractivity contribution in [3.63, 3.8) is 0 Å². The lowest BCUT2D eigenvalue weighted by Gasteiger charge is -2.23. The summed E-state index contributed by atoms with van der Waals surface area (Å²) >= 11 is 9.50. The zero-order valence-corrected chi connectivity index (χ0v) is 12.3. The molecule has 0 saturated heterocycles. The predicted octanol–water partition coefficient (Wildman–Crippen LogP) is 2.60. The molecule has 0 aliphatic heterocycles. The van der Waals surface area contributed by atoms with Crippen molar-refractivity contribution in [2.75, 3.05) is 45.4 Å². The second-order valence-electron chi connectivity index (χ2n) is 3.43. The molecule has 0 aromatic carbocycles. The lowest BCUT2D eigenvalue weighted by molar-refractivity contribution is 0.190. The summed E-state index contributed by atoms with van der Waals surface area (Å²) in [4.78, 5) is 6.36.